The summed E-state index contributed by atoms with van der Waals surface area (Å²) in [4.78, 5) is 6.58. The third kappa shape index (κ3) is 6.57. The fraction of sp³-hybridized carbons (Fsp3) is 0.480. The molecule has 30 heavy (non-hydrogen) atoms. The first-order valence-corrected chi connectivity index (χ1v) is 10.9. The van der Waals surface area contributed by atoms with Crippen LogP contribution in [0.1, 0.15) is 41.2 Å². The van der Waals surface area contributed by atoms with Crippen LogP contribution in [0.5, 0.6) is 0 Å². The fourth-order valence-corrected chi connectivity index (χ4v) is 3.94. The standard InChI is InChI=1S/C25H36N4O/c1-19-7-13-22(14-8-19)24-23(6-5-15-30-24)17-28-25(26-2)27-16-20-9-11-21(12-10-20)18-29(3)4/h7-14,23-24H,5-6,15-18H2,1-4H3,(H2,26,27,28). The normalized spacial score (nSPS) is 19.7. The summed E-state index contributed by atoms with van der Waals surface area (Å²) in [5.41, 5.74) is 5.13. The van der Waals surface area contributed by atoms with Gasteiger partial charge in [-0.2, -0.15) is 0 Å². The molecule has 162 valence electrons. The molecule has 5 heteroatoms. The van der Waals surface area contributed by atoms with Gasteiger partial charge in [0, 0.05) is 39.2 Å². The van der Waals surface area contributed by atoms with Crippen LogP contribution >= 0.6 is 0 Å². The molecule has 0 spiro atoms. The fourth-order valence-electron chi connectivity index (χ4n) is 3.94. The van der Waals surface area contributed by atoms with E-state index in [-0.39, 0.29) is 6.10 Å². The summed E-state index contributed by atoms with van der Waals surface area (Å²) >= 11 is 0. The van der Waals surface area contributed by atoms with Crippen molar-refractivity contribution >= 4 is 5.96 Å². The summed E-state index contributed by atoms with van der Waals surface area (Å²) in [6, 6.07) is 17.5. The van der Waals surface area contributed by atoms with E-state index in [2.05, 4.69) is 90.1 Å². The molecule has 3 rings (SSSR count). The van der Waals surface area contributed by atoms with E-state index in [0.29, 0.717) is 5.92 Å². The van der Waals surface area contributed by atoms with Crippen LogP contribution in [0.3, 0.4) is 0 Å². The SMILES string of the molecule is CN=C(NCc1ccc(CN(C)C)cc1)NCC1CCCOC1c1ccc(C)cc1. The van der Waals surface area contributed by atoms with Crippen LogP contribution in [0.15, 0.2) is 53.5 Å². The van der Waals surface area contributed by atoms with Crippen LogP contribution in [0.25, 0.3) is 0 Å². The zero-order valence-corrected chi connectivity index (χ0v) is 18.8. The van der Waals surface area contributed by atoms with Gasteiger partial charge in [-0.05, 0) is 50.6 Å². The lowest BCUT2D eigenvalue weighted by atomic mass is 9.89. The second kappa shape index (κ2) is 11.1. The molecule has 1 heterocycles. The van der Waals surface area contributed by atoms with Crippen molar-refractivity contribution in [3.63, 3.8) is 0 Å². The van der Waals surface area contributed by atoms with Gasteiger partial charge in [-0.1, -0.05) is 54.1 Å². The van der Waals surface area contributed by atoms with E-state index in [1.54, 1.807) is 0 Å². The van der Waals surface area contributed by atoms with Crippen molar-refractivity contribution in [2.24, 2.45) is 10.9 Å². The highest BCUT2D eigenvalue weighted by atomic mass is 16.5. The molecule has 2 atom stereocenters. The van der Waals surface area contributed by atoms with Gasteiger partial charge in [-0.25, -0.2) is 0 Å². The van der Waals surface area contributed by atoms with E-state index < -0.39 is 0 Å². The van der Waals surface area contributed by atoms with E-state index in [1.165, 1.54) is 22.3 Å². The van der Waals surface area contributed by atoms with Crippen molar-refractivity contribution in [3.05, 3.63) is 70.8 Å². The quantitative estimate of drug-likeness (QED) is 0.539. The van der Waals surface area contributed by atoms with Gasteiger partial charge in [-0.15, -0.1) is 0 Å². The maximum Gasteiger partial charge on any atom is 0.191 e. The average molecular weight is 409 g/mol. The number of nitrogens with one attached hydrogen (secondary N) is 2. The molecule has 2 unspecified atom stereocenters. The Balaban J connectivity index is 1.52. The summed E-state index contributed by atoms with van der Waals surface area (Å²) in [5.74, 6) is 1.27. The highest BCUT2D eigenvalue weighted by molar-refractivity contribution is 5.79. The molecule has 2 aromatic carbocycles. The molecule has 0 aliphatic carbocycles. The van der Waals surface area contributed by atoms with E-state index in [1.807, 2.05) is 7.05 Å². The Morgan fingerprint density at radius 2 is 1.73 bits per heavy atom. The zero-order chi connectivity index (χ0) is 21.3. The van der Waals surface area contributed by atoms with Crippen LogP contribution in [-0.4, -0.2) is 45.2 Å². The first-order valence-electron chi connectivity index (χ1n) is 10.9. The molecule has 0 saturated carbocycles. The van der Waals surface area contributed by atoms with Crippen molar-refractivity contribution in [3.8, 4) is 0 Å². The molecule has 1 saturated heterocycles. The Morgan fingerprint density at radius 1 is 1.03 bits per heavy atom. The molecule has 1 aliphatic rings. The summed E-state index contributed by atoms with van der Waals surface area (Å²) in [6.07, 6.45) is 2.42. The van der Waals surface area contributed by atoms with Gasteiger partial charge in [0.15, 0.2) is 5.96 Å². The number of hydrogen-bond acceptors (Lipinski definition) is 3. The highest BCUT2D eigenvalue weighted by Gasteiger charge is 2.27. The Bertz CT molecular complexity index is 799. The van der Waals surface area contributed by atoms with Crippen LogP contribution in [0.2, 0.25) is 0 Å². The minimum absolute atomic E-state index is 0.147. The summed E-state index contributed by atoms with van der Waals surface area (Å²) in [6.45, 7) is 5.52. The number of guanidine groups is 1. The Hall–Kier alpha value is -2.37. The van der Waals surface area contributed by atoms with Crippen LogP contribution in [0.4, 0.5) is 0 Å². The Morgan fingerprint density at radius 3 is 2.40 bits per heavy atom. The molecule has 0 amide bonds. The minimum Gasteiger partial charge on any atom is -0.373 e. The van der Waals surface area contributed by atoms with E-state index >= 15 is 0 Å². The third-order valence-electron chi connectivity index (χ3n) is 5.59. The van der Waals surface area contributed by atoms with Crippen molar-refractivity contribution in [2.45, 2.75) is 39.0 Å². The summed E-state index contributed by atoms with van der Waals surface area (Å²) in [7, 11) is 6.00. The smallest absolute Gasteiger partial charge is 0.191 e. The number of aryl methyl sites for hydroxylation is 1. The van der Waals surface area contributed by atoms with Gasteiger partial charge in [0.2, 0.25) is 0 Å². The van der Waals surface area contributed by atoms with Crippen molar-refractivity contribution in [2.75, 3.05) is 34.3 Å². The monoisotopic (exact) mass is 408 g/mol. The number of aliphatic imine (C=N–C) groups is 1. The molecular weight excluding hydrogens is 372 g/mol. The van der Waals surface area contributed by atoms with E-state index in [0.717, 1.165) is 45.0 Å². The summed E-state index contributed by atoms with van der Waals surface area (Å²) < 4.78 is 6.15. The lowest BCUT2D eigenvalue weighted by molar-refractivity contribution is -0.0265. The minimum atomic E-state index is 0.147. The zero-order valence-electron chi connectivity index (χ0n) is 18.8. The van der Waals surface area contributed by atoms with E-state index in [9.17, 15) is 0 Å². The van der Waals surface area contributed by atoms with Crippen molar-refractivity contribution in [1.82, 2.24) is 15.5 Å². The maximum absolute atomic E-state index is 6.15. The lowest BCUT2D eigenvalue weighted by Crippen LogP contribution is -2.41. The molecular formula is C25H36N4O. The van der Waals surface area contributed by atoms with Crippen LogP contribution < -0.4 is 10.6 Å². The van der Waals surface area contributed by atoms with Gasteiger partial charge < -0.3 is 20.3 Å². The Labute approximate surface area is 181 Å². The first-order chi connectivity index (χ1) is 14.5. The molecule has 2 aromatic rings. The van der Waals surface area contributed by atoms with E-state index in [4.69, 9.17) is 4.74 Å². The van der Waals surface area contributed by atoms with Gasteiger partial charge in [0.25, 0.3) is 0 Å². The second-order valence-corrected chi connectivity index (χ2v) is 8.47. The predicted molar refractivity (Wildman–Crippen MR) is 125 cm³/mol. The number of hydrogen-bond donors (Lipinski definition) is 2. The molecule has 5 nitrogen and oxygen atoms in total. The first kappa shape index (κ1) is 22.3. The highest BCUT2D eigenvalue weighted by Crippen LogP contribution is 2.33. The molecule has 0 radical (unpaired) electrons. The van der Waals surface area contributed by atoms with Crippen LogP contribution in [-0.2, 0) is 17.8 Å². The summed E-state index contributed by atoms with van der Waals surface area (Å²) in [5, 5.41) is 6.95. The number of nitrogens with zero attached hydrogens (tertiary/aromatic N) is 2. The van der Waals surface area contributed by atoms with Crippen molar-refractivity contribution in [1.29, 1.82) is 0 Å². The molecule has 1 aliphatic heterocycles. The van der Waals surface area contributed by atoms with Gasteiger partial charge in [0.1, 0.15) is 0 Å². The second-order valence-electron chi connectivity index (χ2n) is 8.47. The number of rotatable bonds is 7. The topological polar surface area (TPSA) is 48.9 Å². The molecule has 0 aromatic heterocycles. The Kier molecular flexibility index (Phi) is 8.29. The lowest BCUT2D eigenvalue weighted by Gasteiger charge is -2.32. The third-order valence-corrected chi connectivity index (χ3v) is 5.59. The van der Waals surface area contributed by atoms with Gasteiger partial charge in [-0.3, -0.25) is 4.99 Å². The average Bonchev–Trinajstić information content (AvgIpc) is 2.75. The van der Waals surface area contributed by atoms with Gasteiger partial charge >= 0.3 is 0 Å². The van der Waals surface area contributed by atoms with Crippen molar-refractivity contribution < 1.29 is 4.74 Å². The maximum atomic E-state index is 6.15. The predicted octanol–water partition coefficient (Wildman–Crippen LogP) is 3.89. The van der Waals surface area contributed by atoms with Gasteiger partial charge in [0.05, 0.1) is 6.10 Å². The number of benzene rings is 2. The molecule has 1 fully saturated rings. The molecule has 2 N–H and O–H groups in total. The largest absolute Gasteiger partial charge is 0.373 e. The molecule has 0 bridgehead atoms. The number of ether oxygens (including phenoxy) is 1. The van der Waals surface area contributed by atoms with Crippen LogP contribution in [0, 0.1) is 12.8 Å².